The van der Waals surface area contributed by atoms with Gasteiger partial charge in [0.2, 0.25) is 0 Å². The Kier molecular flexibility index (Phi) is 17.4. The van der Waals surface area contributed by atoms with Crippen molar-refractivity contribution in [2.45, 2.75) is 101 Å². The summed E-state index contributed by atoms with van der Waals surface area (Å²) < 4.78 is 60.1. The molecule has 2 fully saturated rings. The monoisotopic (exact) mass is 882 g/mol. The Hall–Kier alpha value is -5.12. The predicted octanol–water partition coefficient (Wildman–Crippen LogP) is 7.95. The number of aliphatic hydroxyl groups is 2. The third kappa shape index (κ3) is 13.3. The quantitative estimate of drug-likeness (QED) is 0.0652. The lowest BCUT2D eigenvalue weighted by atomic mass is 9.98. The molecule has 0 spiro atoms. The van der Waals surface area contributed by atoms with Gasteiger partial charge in [-0.15, -0.1) is 0 Å². The zero-order valence-corrected chi connectivity index (χ0v) is 36.3. The molecule has 10 atom stereocenters. The van der Waals surface area contributed by atoms with Crippen LogP contribution >= 0.6 is 0 Å². The average Bonchev–Trinajstić information content (AvgIpc) is 3.71. The summed E-state index contributed by atoms with van der Waals surface area (Å²) in [5, 5.41) is 22.5. The number of ether oxygens (including phenoxy) is 9. The van der Waals surface area contributed by atoms with Crippen LogP contribution < -0.4 is 0 Å². The van der Waals surface area contributed by atoms with Crippen LogP contribution in [0.15, 0.2) is 182 Å². The first kappa shape index (κ1) is 46.4. The number of hydrogen-bond donors (Lipinski definition) is 2. The normalized spacial score (nSPS) is 24.7. The van der Waals surface area contributed by atoms with Crippen molar-refractivity contribution in [1.29, 1.82) is 0 Å². The fourth-order valence-corrected chi connectivity index (χ4v) is 8.11. The molecule has 11 heteroatoms. The van der Waals surface area contributed by atoms with Crippen molar-refractivity contribution in [1.82, 2.24) is 0 Å². The predicted molar refractivity (Wildman–Crippen MR) is 243 cm³/mol. The molecule has 11 nitrogen and oxygen atoms in total. The Morgan fingerprint density at radius 3 is 1.25 bits per heavy atom. The number of benzene rings is 6. The fourth-order valence-electron chi connectivity index (χ4n) is 8.11. The van der Waals surface area contributed by atoms with Gasteiger partial charge in [-0.3, -0.25) is 0 Å². The summed E-state index contributed by atoms with van der Waals surface area (Å²) in [5.74, 6) is 0. The second kappa shape index (κ2) is 24.4. The van der Waals surface area contributed by atoms with E-state index in [1.807, 2.05) is 182 Å². The van der Waals surface area contributed by atoms with Gasteiger partial charge in [0.05, 0.1) is 52.9 Å². The van der Waals surface area contributed by atoms with Crippen molar-refractivity contribution in [3.8, 4) is 0 Å². The van der Waals surface area contributed by atoms with Crippen LogP contribution in [0.1, 0.15) is 33.4 Å². The maximum atomic E-state index is 11.9. The summed E-state index contributed by atoms with van der Waals surface area (Å²) in [6.07, 6.45) is -9.69. The van der Waals surface area contributed by atoms with Crippen molar-refractivity contribution >= 4 is 0 Å². The van der Waals surface area contributed by atoms with Crippen molar-refractivity contribution in [3.63, 3.8) is 0 Å². The van der Waals surface area contributed by atoms with Gasteiger partial charge in [-0.2, -0.15) is 0 Å². The summed E-state index contributed by atoms with van der Waals surface area (Å²) in [7, 11) is 0. The summed E-state index contributed by atoms with van der Waals surface area (Å²) in [6.45, 7) is 1.17. The van der Waals surface area contributed by atoms with Crippen LogP contribution in [0.2, 0.25) is 0 Å². The molecule has 0 unspecified atom stereocenters. The zero-order chi connectivity index (χ0) is 44.5. The van der Waals surface area contributed by atoms with Gasteiger partial charge in [0.15, 0.2) is 12.6 Å². The zero-order valence-electron chi connectivity index (χ0n) is 36.3. The molecule has 0 aliphatic carbocycles. The molecule has 6 aromatic carbocycles. The molecule has 2 heterocycles. The van der Waals surface area contributed by atoms with Crippen LogP contribution in [0.5, 0.6) is 0 Å². The Morgan fingerprint density at radius 1 is 0.415 bits per heavy atom. The first-order valence-corrected chi connectivity index (χ1v) is 22.3. The van der Waals surface area contributed by atoms with Gasteiger partial charge in [0, 0.05) is 0 Å². The second-order valence-electron chi connectivity index (χ2n) is 16.2. The van der Waals surface area contributed by atoms with Gasteiger partial charge < -0.3 is 52.8 Å². The first-order chi connectivity index (χ1) is 32.1. The maximum absolute atomic E-state index is 11.9. The summed E-state index contributed by atoms with van der Waals surface area (Å²) in [6, 6.07) is 59.1. The van der Waals surface area contributed by atoms with Gasteiger partial charge >= 0.3 is 0 Å². The molecular formula is C54H58O11. The van der Waals surface area contributed by atoms with Crippen LogP contribution in [-0.4, -0.2) is 84.8 Å². The molecular weight excluding hydrogens is 825 g/mol. The second-order valence-corrected chi connectivity index (χ2v) is 16.2. The molecule has 2 N–H and O–H groups in total. The molecule has 2 aliphatic rings. The minimum absolute atomic E-state index is 0.154. The van der Waals surface area contributed by atoms with Gasteiger partial charge in [-0.05, 0) is 33.4 Å². The Morgan fingerprint density at radius 2 is 0.800 bits per heavy atom. The Labute approximate surface area is 381 Å². The highest BCUT2D eigenvalue weighted by Gasteiger charge is 2.55. The standard InChI is InChI=1S/C54H58O11/c55-31-45-47(59-34-41-23-11-3-12-24-41)49(60-35-42-25-13-4-14-26-42)51(53(56)63-45)65-54-52(62-37-44-29-17-6-18-30-44)50(61-36-43-27-15-5-16-28-43)48(64-54)46(58-33-40-21-9-2-10-22-40)38-57-32-39-19-7-1-8-20-39/h1-30,45-56H,31-38H2/t45-,46-,47-,48+,49+,50+,51+,52-,53+,54-/m1/s1. The molecule has 340 valence electrons. The van der Waals surface area contributed by atoms with Gasteiger partial charge in [0.25, 0.3) is 0 Å². The topological polar surface area (TPSA) is 124 Å². The molecule has 2 aliphatic heterocycles. The van der Waals surface area contributed by atoms with Crippen LogP contribution in [0.3, 0.4) is 0 Å². The van der Waals surface area contributed by atoms with Crippen LogP contribution in [-0.2, 0) is 82.3 Å². The van der Waals surface area contributed by atoms with E-state index in [0.29, 0.717) is 6.61 Å². The minimum atomic E-state index is -1.55. The van der Waals surface area contributed by atoms with E-state index in [2.05, 4.69) is 0 Å². The molecule has 0 aromatic heterocycles. The van der Waals surface area contributed by atoms with E-state index in [-0.39, 0.29) is 39.6 Å². The molecule has 8 rings (SSSR count). The van der Waals surface area contributed by atoms with Gasteiger partial charge in [-0.25, -0.2) is 0 Å². The largest absolute Gasteiger partial charge is 0.394 e. The molecule has 0 amide bonds. The van der Waals surface area contributed by atoms with Crippen LogP contribution in [0, 0.1) is 0 Å². The molecule has 0 saturated carbocycles. The fraction of sp³-hybridized carbons (Fsp3) is 0.333. The molecule has 0 bridgehead atoms. The van der Waals surface area contributed by atoms with E-state index in [4.69, 9.17) is 42.6 Å². The van der Waals surface area contributed by atoms with E-state index in [9.17, 15) is 10.2 Å². The highest BCUT2D eigenvalue weighted by molar-refractivity contribution is 5.18. The highest BCUT2D eigenvalue weighted by Crippen LogP contribution is 2.37. The SMILES string of the molecule is OC[C@H]1O[C@H](O)[C@@H](O[C@H]2O[C@@H]([C@@H](COCc3ccccc3)OCc3ccccc3)[C@H](OCc3ccccc3)[C@H]2OCc2ccccc2)[C@@H](OCc2ccccc2)[C@@H]1OCc1ccccc1. The first-order valence-electron chi connectivity index (χ1n) is 22.3. The van der Waals surface area contributed by atoms with E-state index in [1.54, 1.807) is 0 Å². The third-order valence-corrected chi connectivity index (χ3v) is 11.5. The Balaban J connectivity index is 1.13. The summed E-state index contributed by atoms with van der Waals surface area (Å²) >= 11 is 0. The lowest BCUT2D eigenvalue weighted by Gasteiger charge is -2.45. The number of aliphatic hydroxyl groups excluding tert-OH is 2. The number of rotatable bonds is 23. The van der Waals surface area contributed by atoms with Crippen molar-refractivity contribution in [2.24, 2.45) is 0 Å². The van der Waals surface area contributed by atoms with E-state index in [1.165, 1.54) is 0 Å². The molecule has 6 aromatic rings. The molecule has 65 heavy (non-hydrogen) atoms. The van der Waals surface area contributed by atoms with E-state index >= 15 is 0 Å². The van der Waals surface area contributed by atoms with Gasteiger partial charge in [0.1, 0.15) is 48.8 Å². The Bertz CT molecular complexity index is 2210. The van der Waals surface area contributed by atoms with Crippen molar-refractivity contribution in [2.75, 3.05) is 13.2 Å². The highest BCUT2D eigenvalue weighted by atomic mass is 16.8. The lowest BCUT2D eigenvalue weighted by molar-refractivity contribution is -0.342. The van der Waals surface area contributed by atoms with Crippen molar-refractivity contribution in [3.05, 3.63) is 215 Å². The van der Waals surface area contributed by atoms with Crippen LogP contribution in [0.4, 0.5) is 0 Å². The van der Waals surface area contributed by atoms with Gasteiger partial charge in [-0.1, -0.05) is 182 Å². The lowest BCUT2D eigenvalue weighted by Crippen LogP contribution is -2.62. The smallest absolute Gasteiger partial charge is 0.187 e. The molecule has 0 radical (unpaired) electrons. The van der Waals surface area contributed by atoms with Crippen LogP contribution in [0.25, 0.3) is 0 Å². The van der Waals surface area contributed by atoms with E-state index in [0.717, 1.165) is 33.4 Å². The van der Waals surface area contributed by atoms with Crippen molar-refractivity contribution < 1.29 is 52.8 Å². The van der Waals surface area contributed by atoms with E-state index < -0.39 is 68.0 Å². The maximum Gasteiger partial charge on any atom is 0.187 e. The summed E-state index contributed by atoms with van der Waals surface area (Å²) in [5.41, 5.74) is 5.70. The minimum Gasteiger partial charge on any atom is -0.394 e. The molecule has 2 saturated heterocycles. The third-order valence-electron chi connectivity index (χ3n) is 11.5. The average molecular weight is 883 g/mol. The number of hydrogen-bond acceptors (Lipinski definition) is 11. The summed E-state index contributed by atoms with van der Waals surface area (Å²) in [4.78, 5) is 0.